The first-order valence-electron chi connectivity index (χ1n) is 9.34. The van der Waals surface area contributed by atoms with Crippen LogP contribution in [0.25, 0.3) is 0 Å². The van der Waals surface area contributed by atoms with E-state index in [1.807, 2.05) is 12.1 Å². The summed E-state index contributed by atoms with van der Waals surface area (Å²) in [6, 6.07) is 4.53. The van der Waals surface area contributed by atoms with Crippen LogP contribution >= 0.6 is 0 Å². The normalized spacial score (nSPS) is 24.6. The lowest BCUT2D eigenvalue weighted by molar-refractivity contribution is 0.0958. The highest BCUT2D eigenvalue weighted by molar-refractivity contribution is 5.94. The first kappa shape index (κ1) is 17.8. The first-order chi connectivity index (χ1) is 12.2. The molecule has 1 saturated carbocycles. The lowest BCUT2D eigenvalue weighted by Crippen LogP contribution is -2.51. The van der Waals surface area contributed by atoms with E-state index >= 15 is 0 Å². The third kappa shape index (κ3) is 4.52. The van der Waals surface area contributed by atoms with Gasteiger partial charge in [-0.2, -0.15) is 0 Å². The minimum atomic E-state index is -0.173. The van der Waals surface area contributed by atoms with Gasteiger partial charge in [-0.25, -0.2) is 4.98 Å². The van der Waals surface area contributed by atoms with Gasteiger partial charge in [0.2, 0.25) is 0 Å². The molecule has 0 spiro atoms. The molecule has 1 amide bonds. The zero-order valence-electron chi connectivity index (χ0n) is 15.1. The van der Waals surface area contributed by atoms with Crippen LogP contribution in [0.4, 0.5) is 5.82 Å². The third-order valence-electron chi connectivity index (χ3n) is 5.50. The van der Waals surface area contributed by atoms with Crippen molar-refractivity contribution < 1.29 is 4.79 Å². The number of pyridine rings is 1. The average molecular weight is 340 g/mol. The number of terminal acetylenes is 1. The molecule has 2 fully saturated rings. The number of carbonyl (C=O) groups is 1. The molecular formula is C20H28N4O. The minimum absolute atomic E-state index is 0.173. The van der Waals surface area contributed by atoms with Crippen molar-refractivity contribution in [1.29, 1.82) is 0 Å². The molecule has 134 valence electrons. The fourth-order valence-electron chi connectivity index (χ4n) is 3.86. The molecule has 3 rings (SSSR count). The molecule has 1 saturated heterocycles. The fourth-order valence-corrected chi connectivity index (χ4v) is 3.86. The van der Waals surface area contributed by atoms with Crippen LogP contribution < -0.4 is 10.2 Å². The van der Waals surface area contributed by atoms with Gasteiger partial charge in [0.15, 0.2) is 0 Å². The summed E-state index contributed by atoms with van der Waals surface area (Å²) in [6.07, 6.45) is 12.2. The van der Waals surface area contributed by atoms with Crippen molar-refractivity contribution >= 4 is 11.7 Å². The van der Waals surface area contributed by atoms with E-state index in [0.29, 0.717) is 5.56 Å². The summed E-state index contributed by atoms with van der Waals surface area (Å²) in [5, 5.41) is 2.66. The third-order valence-corrected chi connectivity index (χ3v) is 5.50. The number of anilines is 1. The summed E-state index contributed by atoms with van der Waals surface area (Å²) in [4.78, 5) is 21.3. The highest BCUT2D eigenvalue weighted by Gasteiger charge is 2.27. The molecule has 0 atom stereocenters. The second-order valence-electron chi connectivity index (χ2n) is 7.23. The number of nitrogens with one attached hydrogen (secondary N) is 1. The van der Waals surface area contributed by atoms with Gasteiger partial charge in [0.05, 0.1) is 12.1 Å². The second-order valence-corrected chi connectivity index (χ2v) is 7.23. The maximum Gasteiger partial charge on any atom is 0.253 e. The molecule has 2 heterocycles. The Labute approximate surface area is 150 Å². The van der Waals surface area contributed by atoms with E-state index in [1.165, 1.54) is 25.7 Å². The van der Waals surface area contributed by atoms with E-state index in [0.717, 1.165) is 44.0 Å². The topological polar surface area (TPSA) is 48.5 Å². The van der Waals surface area contributed by atoms with E-state index < -0.39 is 0 Å². The second kappa shape index (κ2) is 8.35. The molecule has 5 heteroatoms. The predicted octanol–water partition coefficient (Wildman–Crippen LogP) is 2.15. The zero-order chi connectivity index (χ0) is 17.6. The Hall–Kier alpha value is -2.06. The van der Waals surface area contributed by atoms with Gasteiger partial charge < -0.3 is 10.2 Å². The van der Waals surface area contributed by atoms with Crippen molar-refractivity contribution in [2.75, 3.05) is 37.6 Å². The van der Waals surface area contributed by atoms with Crippen LogP contribution in [0.15, 0.2) is 18.3 Å². The van der Waals surface area contributed by atoms with Crippen molar-refractivity contribution in [3.8, 4) is 12.3 Å². The SMILES string of the molecule is C#CCNC(=O)c1ccc(N2CCN(C3CCC(C)CC3)CC2)nc1. The number of hydrogen-bond donors (Lipinski definition) is 1. The van der Waals surface area contributed by atoms with E-state index in [1.54, 1.807) is 6.20 Å². The Morgan fingerprint density at radius 1 is 1.24 bits per heavy atom. The molecule has 1 N–H and O–H groups in total. The summed E-state index contributed by atoms with van der Waals surface area (Å²) in [6.45, 7) is 6.82. The van der Waals surface area contributed by atoms with E-state index in [-0.39, 0.29) is 12.5 Å². The maximum atomic E-state index is 11.9. The van der Waals surface area contributed by atoms with Crippen molar-refractivity contribution in [1.82, 2.24) is 15.2 Å². The summed E-state index contributed by atoms with van der Waals surface area (Å²) in [7, 11) is 0. The average Bonchev–Trinajstić information content (AvgIpc) is 2.67. The molecule has 0 radical (unpaired) electrons. The number of piperazine rings is 1. The fraction of sp³-hybridized carbons (Fsp3) is 0.600. The summed E-state index contributed by atoms with van der Waals surface area (Å²) < 4.78 is 0. The van der Waals surface area contributed by atoms with Crippen LogP contribution in [0.3, 0.4) is 0 Å². The Morgan fingerprint density at radius 2 is 1.96 bits per heavy atom. The van der Waals surface area contributed by atoms with Gasteiger partial charge in [-0.05, 0) is 43.7 Å². The first-order valence-corrected chi connectivity index (χ1v) is 9.34. The quantitative estimate of drug-likeness (QED) is 0.853. The molecular weight excluding hydrogens is 312 g/mol. The van der Waals surface area contributed by atoms with Crippen LogP contribution in [-0.2, 0) is 0 Å². The van der Waals surface area contributed by atoms with Gasteiger partial charge in [-0.3, -0.25) is 9.69 Å². The summed E-state index contributed by atoms with van der Waals surface area (Å²) >= 11 is 0. The van der Waals surface area contributed by atoms with Crippen molar-refractivity contribution in [2.45, 2.75) is 38.6 Å². The highest BCUT2D eigenvalue weighted by atomic mass is 16.1. The van der Waals surface area contributed by atoms with Crippen LogP contribution in [0.5, 0.6) is 0 Å². The Morgan fingerprint density at radius 3 is 2.56 bits per heavy atom. The van der Waals surface area contributed by atoms with Gasteiger partial charge in [0, 0.05) is 38.4 Å². The lowest BCUT2D eigenvalue weighted by Gasteiger charge is -2.42. The maximum absolute atomic E-state index is 11.9. The Kier molecular flexibility index (Phi) is 5.93. The van der Waals surface area contributed by atoms with Crippen molar-refractivity contribution in [2.24, 2.45) is 5.92 Å². The molecule has 0 aromatic carbocycles. The van der Waals surface area contributed by atoms with Crippen LogP contribution in [0.2, 0.25) is 0 Å². The van der Waals surface area contributed by atoms with E-state index in [2.05, 4.69) is 32.9 Å². The molecule has 5 nitrogen and oxygen atoms in total. The molecule has 1 aromatic rings. The van der Waals surface area contributed by atoms with Crippen LogP contribution in [-0.4, -0.2) is 54.6 Å². The van der Waals surface area contributed by atoms with Crippen molar-refractivity contribution in [3.05, 3.63) is 23.9 Å². The summed E-state index contributed by atoms with van der Waals surface area (Å²) in [5.41, 5.74) is 0.550. The Bertz CT molecular complexity index is 606. The number of aromatic nitrogens is 1. The molecule has 1 aliphatic carbocycles. The largest absolute Gasteiger partial charge is 0.354 e. The van der Waals surface area contributed by atoms with Gasteiger partial charge in [-0.15, -0.1) is 6.42 Å². The summed E-state index contributed by atoms with van der Waals surface area (Å²) in [5.74, 6) is 4.08. The highest BCUT2D eigenvalue weighted by Crippen LogP contribution is 2.28. The standard InChI is InChI=1S/C20H28N4O/c1-3-10-21-20(25)17-6-9-19(22-15-17)24-13-11-23(12-14-24)18-7-4-16(2)5-8-18/h1,6,9,15-16,18H,4-5,7-8,10-14H2,2H3,(H,21,25). The molecule has 25 heavy (non-hydrogen) atoms. The van der Waals surface area contributed by atoms with E-state index in [4.69, 9.17) is 6.42 Å². The smallest absolute Gasteiger partial charge is 0.253 e. The molecule has 0 bridgehead atoms. The van der Waals surface area contributed by atoms with E-state index in [9.17, 15) is 4.79 Å². The molecule has 0 unspecified atom stereocenters. The monoisotopic (exact) mass is 340 g/mol. The number of amides is 1. The number of rotatable bonds is 4. The molecule has 1 aliphatic heterocycles. The van der Waals surface area contributed by atoms with Gasteiger partial charge in [0.1, 0.15) is 5.82 Å². The van der Waals surface area contributed by atoms with Gasteiger partial charge >= 0.3 is 0 Å². The lowest BCUT2D eigenvalue weighted by atomic mass is 9.86. The number of hydrogen-bond acceptors (Lipinski definition) is 4. The van der Waals surface area contributed by atoms with Gasteiger partial charge in [-0.1, -0.05) is 12.8 Å². The van der Waals surface area contributed by atoms with Crippen LogP contribution in [0.1, 0.15) is 43.0 Å². The van der Waals surface area contributed by atoms with Crippen molar-refractivity contribution in [3.63, 3.8) is 0 Å². The minimum Gasteiger partial charge on any atom is -0.354 e. The predicted molar refractivity (Wildman–Crippen MR) is 101 cm³/mol. The van der Waals surface area contributed by atoms with Crippen LogP contribution in [0, 0.1) is 18.3 Å². The van der Waals surface area contributed by atoms with Gasteiger partial charge in [0.25, 0.3) is 5.91 Å². The zero-order valence-corrected chi connectivity index (χ0v) is 15.1. The molecule has 1 aromatic heterocycles. The molecule has 2 aliphatic rings. The number of nitrogens with zero attached hydrogens (tertiary/aromatic N) is 3. The Balaban J connectivity index is 1.51. The number of carbonyl (C=O) groups excluding carboxylic acids is 1.